The zero-order valence-corrected chi connectivity index (χ0v) is 12.6. The van der Waals surface area contributed by atoms with Crippen molar-refractivity contribution in [2.45, 2.75) is 39.5 Å². The highest BCUT2D eigenvalue weighted by atomic mass is 16.4. The Morgan fingerprint density at radius 2 is 1.86 bits per heavy atom. The Morgan fingerprint density at radius 3 is 2.29 bits per heavy atom. The first kappa shape index (κ1) is 16.0. The molecule has 0 aliphatic heterocycles. The van der Waals surface area contributed by atoms with Crippen LogP contribution in [0.2, 0.25) is 0 Å². The number of carboxylic acid groups (broad SMARTS) is 2. The van der Waals surface area contributed by atoms with Gasteiger partial charge in [0.2, 0.25) is 0 Å². The van der Waals surface area contributed by atoms with Crippen molar-refractivity contribution in [2.24, 2.45) is 28.6 Å². The Labute approximate surface area is 124 Å². The Morgan fingerprint density at radius 1 is 1.24 bits per heavy atom. The molecule has 0 aromatic heterocycles. The molecule has 118 valence electrons. The molecule has 5 nitrogen and oxygen atoms in total. The number of aliphatic hydroxyl groups is 1. The minimum absolute atomic E-state index is 0.00430. The molecule has 0 saturated heterocycles. The van der Waals surface area contributed by atoms with E-state index in [1.807, 2.05) is 26.0 Å². The van der Waals surface area contributed by atoms with Crippen LogP contribution in [0.25, 0.3) is 0 Å². The molecule has 2 aliphatic rings. The number of fused-ring (bicyclic) bond motifs is 2. The van der Waals surface area contributed by atoms with E-state index in [9.17, 15) is 24.9 Å². The van der Waals surface area contributed by atoms with E-state index in [-0.39, 0.29) is 17.9 Å². The number of carboxylic acids is 2. The fourth-order valence-corrected chi connectivity index (χ4v) is 4.42. The van der Waals surface area contributed by atoms with Gasteiger partial charge in [-0.15, -0.1) is 0 Å². The molecule has 1 fully saturated rings. The van der Waals surface area contributed by atoms with Gasteiger partial charge >= 0.3 is 11.9 Å². The maximum Gasteiger partial charge on any atom is 0.308 e. The fourth-order valence-electron chi connectivity index (χ4n) is 4.42. The molecule has 5 heteroatoms. The summed E-state index contributed by atoms with van der Waals surface area (Å²) in [6, 6.07) is 0. The lowest BCUT2D eigenvalue weighted by Crippen LogP contribution is -2.42. The molecule has 0 heterocycles. The summed E-state index contributed by atoms with van der Waals surface area (Å²) in [5.74, 6) is -4.00. The van der Waals surface area contributed by atoms with Gasteiger partial charge in [0.25, 0.3) is 0 Å². The summed E-state index contributed by atoms with van der Waals surface area (Å²) in [5, 5.41) is 28.7. The van der Waals surface area contributed by atoms with Crippen LogP contribution in [-0.4, -0.2) is 33.9 Å². The van der Waals surface area contributed by atoms with Gasteiger partial charge in [-0.05, 0) is 37.0 Å². The van der Waals surface area contributed by atoms with Crippen molar-refractivity contribution in [1.82, 2.24) is 0 Å². The van der Waals surface area contributed by atoms with Gasteiger partial charge in [-0.25, -0.2) is 0 Å². The molecule has 0 spiro atoms. The van der Waals surface area contributed by atoms with Crippen molar-refractivity contribution >= 4 is 11.9 Å². The highest BCUT2D eigenvalue weighted by Gasteiger charge is 2.61. The number of aliphatic hydroxyl groups excluding tert-OH is 1. The highest BCUT2D eigenvalue weighted by molar-refractivity contribution is 5.83. The Balaban J connectivity index is 2.39. The predicted molar refractivity (Wildman–Crippen MR) is 76.6 cm³/mol. The number of rotatable bonds is 7. The molecular formula is C16H24O5. The summed E-state index contributed by atoms with van der Waals surface area (Å²) in [4.78, 5) is 23.2. The van der Waals surface area contributed by atoms with Crippen LogP contribution in [0.15, 0.2) is 12.2 Å². The topological polar surface area (TPSA) is 94.8 Å². The largest absolute Gasteiger partial charge is 0.481 e. The Kier molecular flexibility index (Phi) is 4.15. The number of aliphatic carboxylic acids is 2. The van der Waals surface area contributed by atoms with Crippen LogP contribution in [0.5, 0.6) is 0 Å². The summed E-state index contributed by atoms with van der Waals surface area (Å²) in [7, 11) is 0. The second-order valence-electron chi connectivity index (χ2n) is 6.68. The first-order valence-electron chi connectivity index (χ1n) is 7.60. The summed E-state index contributed by atoms with van der Waals surface area (Å²) < 4.78 is 0. The molecule has 0 aromatic rings. The van der Waals surface area contributed by atoms with Crippen molar-refractivity contribution in [3.63, 3.8) is 0 Å². The lowest BCUT2D eigenvalue weighted by atomic mass is 9.63. The number of carbonyl (C=O) groups is 2. The van der Waals surface area contributed by atoms with E-state index < -0.39 is 29.2 Å². The molecule has 3 N–H and O–H groups in total. The molecule has 2 rings (SSSR count). The van der Waals surface area contributed by atoms with Crippen LogP contribution in [-0.2, 0) is 9.59 Å². The minimum atomic E-state index is -1.03. The maximum absolute atomic E-state index is 11.7. The smallest absolute Gasteiger partial charge is 0.308 e. The Bertz CT molecular complexity index is 457. The van der Waals surface area contributed by atoms with Crippen molar-refractivity contribution in [1.29, 1.82) is 0 Å². The van der Waals surface area contributed by atoms with Crippen molar-refractivity contribution < 1.29 is 24.9 Å². The summed E-state index contributed by atoms with van der Waals surface area (Å²) in [5.41, 5.74) is -0.964. The zero-order chi connectivity index (χ0) is 15.8. The molecule has 0 radical (unpaired) electrons. The Hall–Kier alpha value is -1.36. The van der Waals surface area contributed by atoms with E-state index in [2.05, 4.69) is 0 Å². The third-order valence-corrected chi connectivity index (χ3v) is 5.82. The number of hydrogen-bond donors (Lipinski definition) is 3. The third-order valence-electron chi connectivity index (χ3n) is 5.82. The summed E-state index contributed by atoms with van der Waals surface area (Å²) in [6.07, 6.45) is 6.39. The minimum Gasteiger partial charge on any atom is -0.481 e. The average Bonchev–Trinajstić information content (AvgIpc) is 3.00. The summed E-state index contributed by atoms with van der Waals surface area (Å²) >= 11 is 0. The van der Waals surface area contributed by atoms with E-state index >= 15 is 0 Å². The lowest BCUT2D eigenvalue weighted by Gasteiger charge is -2.41. The molecule has 21 heavy (non-hydrogen) atoms. The number of allylic oxidation sites excluding steroid dienone is 2. The lowest BCUT2D eigenvalue weighted by molar-refractivity contribution is -0.157. The van der Waals surface area contributed by atoms with Gasteiger partial charge in [0.15, 0.2) is 0 Å². The van der Waals surface area contributed by atoms with Gasteiger partial charge in [0.1, 0.15) is 0 Å². The van der Waals surface area contributed by atoms with Crippen molar-refractivity contribution in [3.05, 3.63) is 12.2 Å². The van der Waals surface area contributed by atoms with E-state index in [0.29, 0.717) is 12.8 Å². The van der Waals surface area contributed by atoms with Gasteiger partial charge < -0.3 is 15.3 Å². The third kappa shape index (κ3) is 2.37. The molecule has 0 aromatic carbocycles. The molecular weight excluding hydrogens is 272 g/mol. The van der Waals surface area contributed by atoms with Crippen molar-refractivity contribution in [2.75, 3.05) is 6.61 Å². The van der Waals surface area contributed by atoms with Crippen LogP contribution in [0, 0.1) is 28.6 Å². The summed E-state index contributed by atoms with van der Waals surface area (Å²) in [6.45, 7) is 3.99. The van der Waals surface area contributed by atoms with E-state index in [1.165, 1.54) is 0 Å². The van der Waals surface area contributed by atoms with Crippen LogP contribution in [0.4, 0.5) is 0 Å². The monoisotopic (exact) mass is 296 g/mol. The quantitative estimate of drug-likeness (QED) is 0.626. The first-order chi connectivity index (χ1) is 9.84. The van der Waals surface area contributed by atoms with Gasteiger partial charge in [-0.1, -0.05) is 26.0 Å². The zero-order valence-electron chi connectivity index (χ0n) is 12.6. The molecule has 0 amide bonds. The van der Waals surface area contributed by atoms with E-state index in [1.54, 1.807) is 0 Å². The second-order valence-corrected chi connectivity index (χ2v) is 6.68. The highest BCUT2D eigenvalue weighted by Crippen LogP contribution is 2.61. The predicted octanol–water partition coefficient (Wildman–Crippen LogP) is 2.15. The van der Waals surface area contributed by atoms with E-state index in [0.717, 1.165) is 12.8 Å². The average molecular weight is 296 g/mol. The van der Waals surface area contributed by atoms with Crippen LogP contribution in [0.1, 0.15) is 39.5 Å². The molecule has 2 aliphatic carbocycles. The standard InChI is InChI=1S/C16H24O5/c1-3-15(4-2,9-17)8-16-6-5-10(7-16)11(13(18)19)12(16)14(20)21/h5-6,10-12,17H,3-4,7-9H2,1-2H3,(H,18,19)(H,20,21). The maximum atomic E-state index is 11.7. The van der Waals surface area contributed by atoms with Gasteiger partial charge in [-0.2, -0.15) is 0 Å². The van der Waals surface area contributed by atoms with Crippen molar-refractivity contribution in [3.8, 4) is 0 Å². The van der Waals surface area contributed by atoms with Gasteiger partial charge in [0, 0.05) is 12.0 Å². The van der Waals surface area contributed by atoms with Gasteiger partial charge in [-0.3, -0.25) is 9.59 Å². The molecule has 4 unspecified atom stereocenters. The fraction of sp³-hybridized carbons (Fsp3) is 0.750. The SMILES string of the molecule is CCC(CC)(CO)CC12C=CC(C1)C(C(=O)O)C2C(=O)O. The second kappa shape index (κ2) is 5.44. The van der Waals surface area contributed by atoms with Crippen LogP contribution in [0.3, 0.4) is 0 Å². The molecule has 2 bridgehead atoms. The normalized spacial score (nSPS) is 34.3. The first-order valence-corrected chi connectivity index (χ1v) is 7.60. The molecule has 4 atom stereocenters. The van der Waals surface area contributed by atoms with E-state index in [4.69, 9.17) is 0 Å². The van der Waals surface area contributed by atoms with Crippen LogP contribution >= 0.6 is 0 Å². The van der Waals surface area contributed by atoms with Gasteiger partial charge in [0.05, 0.1) is 11.8 Å². The van der Waals surface area contributed by atoms with Crippen LogP contribution < -0.4 is 0 Å². The molecule has 1 saturated carbocycles. The number of hydrogen-bond acceptors (Lipinski definition) is 3.